The predicted molar refractivity (Wildman–Crippen MR) is 80.1 cm³/mol. The number of benzene rings is 1. The van der Waals surface area contributed by atoms with Gasteiger partial charge in [-0.15, -0.1) is 6.42 Å². The molecule has 0 aromatic heterocycles. The number of carboxylic acids is 1. The number of rotatable bonds is 5. The van der Waals surface area contributed by atoms with E-state index in [2.05, 4.69) is 11.2 Å². The Morgan fingerprint density at radius 3 is 2.67 bits per heavy atom. The topological polar surface area (TPSA) is 78.9 Å². The van der Waals surface area contributed by atoms with E-state index >= 15 is 0 Å². The van der Waals surface area contributed by atoms with Gasteiger partial charge in [-0.1, -0.05) is 17.5 Å². The van der Waals surface area contributed by atoms with Gasteiger partial charge >= 0.3 is 12.0 Å². The van der Waals surface area contributed by atoms with Gasteiger partial charge in [0.15, 0.2) is 0 Å². The zero-order valence-corrected chi connectivity index (χ0v) is 12.4. The Bertz CT molecular complexity index is 595. The van der Waals surface area contributed by atoms with Crippen molar-refractivity contribution in [1.29, 1.82) is 0 Å². The molecule has 1 aromatic rings. The van der Waals surface area contributed by atoms with E-state index in [0.717, 1.165) is 0 Å². The van der Waals surface area contributed by atoms with Gasteiger partial charge in [0.2, 0.25) is 0 Å². The number of anilines is 1. The first-order valence-corrected chi connectivity index (χ1v) is 6.42. The first-order chi connectivity index (χ1) is 9.94. The Morgan fingerprint density at radius 1 is 1.52 bits per heavy atom. The third-order valence-corrected chi connectivity index (χ3v) is 3.02. The molecule has 2 amide bonds. The lowest BCUT2D eigenvalue weighted by Gasteiger charge is -2.19. The fourth-order valence-electron chi connectivity index (χ4n) is 1.62. The van der Waals surface area contributed by atoms with Crippen LogP contribution in [0.3, 0.4) is 0 Å². The largest absolute Gasteiger partial charge is 0.496 e. The number of nitrogens with one attached hydrogen (secondary N) is 1. The number of methoxy groups -OCH3 is 1. The van der Waals surface area contributed by atoms with Crippen LogP contribution in [0.5, 0.6) is 5.75 Å². The van der Waals surface area contributed by atoms with Crippen molar-refractivity contribution in [2.24, 2.45) is 0 Å². The summed E-state index contributed by atoms with van der Waals surface area (Å²) in [6.07, 6.45) is 5.18. The van der Waals surface area contributed by atoms with Crippen molar-refractivity contribution >= 4 is 29.3 Å². The normalized spacial score (nSPS) is 9.62. The smallest absolute Gasteiger partial charge is 0.339 e. The molecule has 0 bridgehead atoms. The summed E-state index contributed by atoms with van der Waals surface area (Å²) < 4.78 is 4.98. The highest BCUT2D eigenvalue weighted by Crippen LogP contribution is 2.31. The van der Waals surface area contributed by atoms with Crippen LogP contribution in [0.25, 0.3) is 0 Å². The van der Waals surface area contributed by atoms with E-state index in [1.807, 2.05) is 0 Å². The third kappa shape index (κ3) is 4.04. The molecule has 1 rings (SSSR count). The van der Waals surface area contributed by atoms with Crippen molar-refractivity contribution in [2.45, 2.75) is 6.92 Å². The summed E-state index contributed by atoms with van der Waals surface area (Å²) >= 11 is 5.98. The molecule has 0 aliphatic heterocycles. The van der Waals surface area contributed by atoms with Crippen molar-refractivity contribution in [1.82, 2.24) is 4.90 Å². The van der Waals surface area contributed by atoms with E-state index in [4.69, 9.17) is 27.9 Å². The third-order valence-electron chi connectivity index (χ3n) is 2.71. The van der Waals surface area contributed by atoms with Gasteiger partial charge in [0, 0.05) is 12.6 Å². The number of hydrogen-bond donors (Lipinski definition) is 2. The van der Waals surface area contributed by atoms with Crippen LogP contribution in [0, 0.1) is 12.3 Å². The van der Waals surface area contributed by atoms with Crippen molar-refractivity contribution in [3.63, 3.8) is 0 Å². The van der Waals surface area contributed by atoms with Gasteiger partial charge in [-0.3, -0.25) is 0 Å². The number of amides is 2. The number of ether oxygens (including phenoxy) is 1. The first-order valence-electron chi connectivity index (χ1n) is 6.04. The SMILES string of the molecule is C#CCN(CC)C(=O)Nc1cc(OC)c(C(=O)O)cc1Cl. The van der Waals surface area contributed by atoms with Gasteiger partial charge in [-0.2, -0.15) is 0 Å². The quantitative estimate of drug-likeness (QED) is 0.819. The van der Waals surface area contributed by atoms with Crippen LogP contribution in [0.15, 0.2) is 12.1 Å². The van der Waals surface area contributed by atoms with E-state index in [9.17, 15) is 9.59 Å². The molecule has 21 heavy (non-hydrogen) atoms. The van der Waals surface area contributed by atoms with Gasteiger partial charge in [0.1, 0.15) is 11.3 Å². The molecule has 0 heterocycles. The average molecular weight is 311 g/mol. The number of nitrogens with zero attached hydrogens (tertiary/aromatic N) is 1. The summed E-state index contributed by atoms with van der Waals surface area (Å²) in [4.78, 5) is 24.5. The highest BCUT2D eigenvalue weighted by Gasteiger charge is 2.17. The van der Waals surface area contributed by atoms with Crippen LogP contribution >= 0.6 is 11.6 Å². The minimum atomic E-state index is -1.17. The first kappa shape index (κ1) is 16.7. The molecule has 2 N–H and O–H groups in total. The van der Waals surface area contributed by atoms with E-state index in [1.54, 1.807) is 6.92 Å². The number of aromatic carboxylic acids is 1. The van der Waals surface area contributed by atoms with E-state index in [1.165, 1.54) is 24.1 Å². The average Bonchev–Trinajstić information content (AvgIpc) is 2.45. The second-order valence-corrected chi connectivity index (χ2v) is 4.39. The molecule has 0 aliphatic rings. The molecule has 0 unspecified atom stereocenters. The molecule has 0 fully saturated rings. The monoisotopic (exact) mass is 310 g/mol. The Labute approximate surface area is 127 Å². The van der Waals surface area contributed by atoms with Gasteiger partial charge in [-0.05, 0) is 13.0 Å². The van der Waals surface area contributed by atoms with Gasteiger partial charge in [0.25, 0.3) is 0 Å². The maximum absolute atomic E-state index is 12.0. The Hall–Kier alpha value is -2.39. The molecule has 7 heteroatoms. The zero-order chi connectivity index (χ0) is 16.0. The van der Waals surface area contributed by atoms with E-state index < -0.39 is 12.0 Å². The fraction of sp³-hybridized carbons (Fsp3) is 0.286. The summed E-state index contributed by atoms with van der Waals surface area (Å²) in [5.74, 6) is 1.30. The van der Waals surface area contributed by atoms with Crippen LogP contribution < -0.4 is 10.1 Å². The molecule has 0 atom stereocenters. The van der Waals surface area contributed by atoms with Crippen molar-refractivity contribution < 1.29 is 19.4 Å². The Morgan fingerprint density at radius 2 is 2.19 bits per heavy atom. The molecule has 0 saturated heterocycles. The van der Waals surface area contributed by atoms with Gasteiger partial charge in [-0.25, -0.2) is 9.59 Å². The van der Waals surface area contributed by atoms with Crippen molar-refractivity contribution in [3.8, 4) is 18.1 Å². The molecular formula is C14H15ClN2O4. The second-order valence-electron chi connectivity index (χ2n) is 3.99. The fourth-order valence-corrected chi connectivity index (χ4v) is 1.83. The molecule has 6 nitrogen and oxygen atoms in total. The lowest BCUT2D eigenvalue weighted by atomic mass is 10.2. The summed E-state index contributed by atoms with van der Waals surface area (Å²) in [6, 6.07) is 2.14. The van der Waals surface area contributed by atoms with Crippen LogP contribution in [0.4, 0.5) is 10.5 Å². The van der Waals surface area contributed by atoms with Gasteiger partial charge in [0.05, 0.1) is 24.4 Å². The predicted octanol–water partition coefficient (Wildman–Crippen LogP) is 2.53. The van der Waals surface area contributed by atoms with Crippen molar-refractivity contribution in [3.05, 3.63) is 22.7 Å². The number of urea groups is 1. The number of carboxylic acid groups (broad SMARTS) is 1. The summed E-state index contributed by atoms with van der Waals surface area (Å²) in [5.41, 5.74) is 0.162. The number of carbonyl (C=O) groups excluding carboxylic acids is 1. The van der Waals surface area contributed by atoms with Crippen LogP contribution in [-0.4, -0.2) is 42.2 Å². The molecular weight excluding hydrogens is 296 g/mol. The Kier molecular flexibility index (Phi) is 5.88. The Balaban J connectivity index is 3.07. The highest BCUT2D eigenvalue weighted by atomic mass is 35.5. The maximum Gasteiger partial charge on any atom is 0.339 e. The number of terminal acetylenes is 1. The lowest BCUT2D eigenvalue weighted by molar-refractivity contribution is 0.0693. The summed E-state index contributed by atoms with van der Waals surface area (Å²) in [6.45, 7) is 2.37. The van der Waals surface area contributed by atoms with Crippen LogP contribution in [-0.2, 0) is 0 Å². The number of hydrogen-bond acceptors (Lipinski definition) is 3. The number of carbonyl (C=O) groups is 2. The van der Waals surface area contributed by atoms with E-state index in [0.29, 0.717) is 6.54 Å². The van der Waals surface area contributed by atoms with E-state index in [-0.39, 0.29) is 28.6 Å². The van der Waals surface area contributed by atoms with Crippen LogP contribution in [0.2, 0.25) is 5.02 Å². The summed E-state index contributed by atoms with van der Waals surface area (Å²) in [5, 5.41) is 11.7. The van der Waals surface area contributed by atoms with Gasteiger partial charge < -0.3 is 20.1 Å². The maximum atomic E-state index is 12.0. The summed E-state index contributed by atoms with van der Waals surface area (Å²) in [7, 11) is 1.33. The van der Waals surface area contributed by atoms with Crippen LogP contribution in [0.1, 0.15) is 17.3 Å². The molecule has 112 valence electrons. The minimum Gasteiger partial charge on any atom is -0.496 e. The minimum absolute atomic E-state index is 0.0866. The molecule has 1 aromatic carbocycles. The molecule has 0 radical (unpaired) electrons. The number of halogens is 1. The standard InChI is InChI=1S/C14H15ClN2O4/c1-4-6-17(5-2)14(20)16-11-8-12(21-3)9(13(18)19)7-10(11)15/h1,7-8H,5-6H2,2-3H3,(H,16,20)(H,18,19). The highest BCUT2D eigenvalue weighted by molar-refractivity contribution is 6.34. The lowest BCUT2D eigenvalue weighted by Crippen LogP contribution is -2.35. The second kappa shape index (κ2) is 7.41. The molecule has 0 spiro atoms. The van der Waals surface area contributed by atoms with Crippen molar-refractivity contribution in [2.75, 3.05) is 25.5 Å². The zero-order valence-electron chi connectivity index (χ0n) is 11.6. The molecule has 0 saturated carbocycles. The molecule has 0 aliphatic carbocycles.